The molecule has 0 aliphatic rings. The van der Waals surface area contributed by atoms with E-state index in [0.29, 0.717) is 28.0 Å². The van der Waals surface area contributed by atoms with Crippen LogP contribution in [0.25, 0.3) is 11.3 Å². The Bertz CT molecular complexity index is 829. The van der Waals surface area contributed by atoms with E-state index < -0.39 is 12.7 Å². The smallest absolute Gasteiger partial charge is 0.310 e. The lowest BCUT2D eigenvalue weighted by Gasteiger charge is -2.14. The summed E-state index contributed by atoms with van der Waals surface area (Å²) in [6, 6.07) is 8.92. The minimum Gasteiger partial charge on any atom is -0.310 e. The van der Waals surface area contributed by atoms with Gasteiger partial charge in [-0.1, -0.05) is 42.1 Å². The van der Waals surface area contributed by atoms with Crippen molar-refractivity contribution >= 4 is 11.8 Å². The molecule has 3 rings (SSSR count). The molecule has 0 radical (unpaired) electrons. The molecule has 130 valence electrons. The molecule has 0 aliphatic carbocycles. The molecule has 0 bridgehead atoms. The van der Waals surface area contributed by atoms with Gasteiger partial charge in [0.15, 0.2) is 5.16 Å². The first-order valence-corrected chi connectivity index (χ1v) is 8.49. The normalized spacial score (nSPS) is 11.7. The van der Waals surface area contributed by atoms with Gasteiger partial charge in [0.25, 0.3) is 0 Å². The van der Waals surface area contributed by atoms with Crippen molar-refractivity contribution < 1.29 is 13.2 Å². The van der Waals surface area contributed by atoms with E-state index in [4.69, 9.17) is 0 Å². The van der Waals surface area contributed by atoms with Gasteiger partial charge < -0.3 is 4.57 Å². The summed E-state index contributed by atoms with van der Waals surface area (Å²) in [7, 11) is 0. The number of aryl methyl sites for hydroxylation is 1. The summed E-state index contributed by atoms with van der Waals surface area (Å²) in [4.78, 5) is 12.5. The average molecular weight is 364 g/mol. The number of aromatic nitrogens is 4. The van der Waals surface area contributed by atoms with Crippen LogP contribution < -0.4 is 0 Å². The number of thioether (sulfide) groups is 1. The first-order valence-electron chi connectivity index (χ1n) is 7.50. The Hall–Kier alpha value is -2.35. The third-order valence-electron chi connectivity index (χ3n) is 3.39. The summed E-state index contributed by atoms with van der Waals surface area (Å²) < 4.78 is 40.2. The van der Waals surface area contributed by atoms with Crippen LogP contribution in [0.2, 0.25) is 0 Å². The second kappa shape index (κ2) is 7.26. The zero-order chi connectivity index (χ0) is 17.9. The molecule has 2 aromatic heterocycles. The number of halogens is 3. The first kappa shape index (κ1) is 17.5. The van der Waals surface area contributed by atoms with Crippen LogP contribution in [0.15, 0.2) is 54.1 Å². The Morgan fingerprint density at radius 2 is 1.68 bits per heavy atom. The molecule has 0 N–H and O–H groups in total. The van der Waals surface area contributed by atoms with Crippen LogP contribution >= 0.6 is 11.8 Å². The minimum atomic E-state index is -4.33. The third-order valence-corrected chi connectivity index (χ3v) is 4.38. The minimum absolute atomic E-state index is 0.292. The Labute approximate surface area is 147 Å². The fourth-order valence-electron chi connectivity index (χ4n) is 2.27. The molecule has 0 fully saturated rings. The van der Waals surface area contributed by atoms with Crippen LogP contribution in [-0.4, -0.2) is 25.7 Å². The Kier molecular flexibility index (Phi) is 5.08. The number of benzene rings is 1. The molecule has 3 aromatic rings. The van der Waals surface area contributed by atoms with Crippen LogP contribution in [0.1, 0.15) is 11.4 Å². The zero-order valence-corrected chi connectivity index (χ0v) is 14.2. The van der Waals surface area contributed by atoms with Crippen LogP contribution in [0.5, 0.6) is 0 Å². The Balaban J connectivity index is 1.87. The van der Waals surface area contributed by atoms with Crippen LogP contribution in [-0.2, 0) is 12.3 Å². The predicted molar refractivity (Wildman–Crippen MR) is 90.0 cm³/mol. The second-order valence-electron chi connectivity index (χ2n) is 5.46. The van der Waals surface area contributed by atoms with Crippen molar-refractivity contribution in [3.63, 3.8) is 0 Å². The molecule has 0 aliphatic heterocycles. The van der Waals surface area contributed by atoms with E-state index in [1.54, 1.807) is 36.7 Å². The van der Waals surface area contributed by atoms with Crippen LogP contribution in [0.3, 0.4) is 0 Å². The number of hydrogen-bond donors (Lipinski definition) is 0. The van der Waals surface area contributed by atoms with E-state index >= 15 is 0 Å². The maximum Gasteiger partial charge on any atom is 0.406 e. The molecular formula is C17H15F3N4S. The molecule has 1 aromatic carbocycles. The van der Waals surface area contributed by atoms with E-state index in [-0.39, 0.29) is 0 Å². The molecule has 8 heteroatoms. The van der Waals surface area contributed by atoms with Crippen molar-refractivity contribution in [2.75, 3.05) is 0 Å². The molecule has 0 saturated carbocycles. The number of nitrogens with zero attached hydrogens (tertiary/aromatic N) is 4. The predicted octanol–water partition coefficient (Wildman–Crippen LogP) is 4.50. The lowest BCUT2D eigenvalue weighted by Crippen LogP contribution is -2.19. The van der Waals surface area contributed by atoms with Crippen molar-refractivity contribution in [3.8, 4) is 11.3 Å². The number of imidazole rings is 1. The van der Waals surface area contributed by atoms with Gasteiger partial charge in [0.2, 0.25) is 0 Å². The zero-order valence-electron chi connectivity index (χ0n) is 13.4. The van der Waals surface area contributed by atoms with Gasteiger partial charge in [0, 0.05) is 12.4 Å². The van der Waals surface area contributed by atoms with Gasteiger partial charge in [-0.3, -0.25) is 0 Å². The summed E-state index contributed by atoms with van der Waals surface area (Å²) in [5.74, 6) is 0.905. The Morgan fingerprint density at radius 3 is 2.32 bits per heavy atom. The highest BCUT2D eigenvalue weighted by Crippen LogP contribution is 2.30. The van der Waals surface area contributed by atoms with Gasteiger partial charge in [0.05, 0.1) is 17.6 Å². The van der Waals surface area contributed by atoms with E-state index in [1.165, 1.54) is 22.5 Å². The fraction of sp³-hybridized carbons (Fsp3) is 0.235. The average Bonchev–Trinajstić information content (AvgIpc) is 2.96. The van der Waals surface area contributed by atoms with Crippen molar-refractivity contribution in [1.29, 1.82) is 0 Å². The van der Waals surface area contributed by atoms with Gasteiger partial charge in [-0.05, 0) is 18.1 Å². The largest absolute Gasteiger partial charge is 0.406 e. The summed E-state index contributed by atoms with van der Waals surface area (Å²) in [5.41, 5.74) is 2.06. The van der Waals surface area contributed by atoms with Gasteiger partial charge in [-0.2, -0.15) is 13.2 Å². The maximum absolute atomic E-state index is 13.0. The molecular weight excluding hydrogens is 349 g/mol. The summed E-state index contributed by atoms with van der Waals surface area (Å²) in [6.07, 6.45) is 0.500. The van der Waals surface area contributed by atoms with Crippen molar-refractivity contribution in [2.24, 2.45) is 0 Å². The van der Waals surface area contributed by atoms with E-state index in [0.717, 1.165) is 5.56 Å². The topological polar surface area (TPSA) is 43.6 Å². The highest BCUT2D eigenvalue weighted by Gasteiger charge is 2.30. The van der Waals surface area contributed by atoms with Gasteiger partial charge in [-0.25, -0.2) is 15.0 Å². The molecule has 0 amide bonds. The van der Waals surface area contributed by atoms with Gasteiger partial charge >= 0.3 is 6.18 Å². The quantitative estimate of drug-likeness (QED) is 0.625. The second-order valence-corrected chi connectivity index (χ2v) is 6.40. The number of hydrogen-bond acceptors (Lipinski definition) is 4. The molecule has 0 saturated heterocycles. The number of alkyl halides is 3. The van der Waals surface area contributed by atoms with Gasteiger partial charge in [0.1, 0.15) is 12.4 Å². The van der Waals surface area contributed by atoms with Crippen molar-refractivity contribution in [3.05, 3.63) is 60.3 Å². The standard InChI is InChI=1S/C17H15F3N4S/c1-12-7-21-15(22-8-12)10-25-16-23-9-14(13-5-3-2-4-6-13)24(16)11-17(18,19)20/h2-9H,10-11H2,1H3. The van der Waals surface area contributed by atoms with Crippen LogP contribution in [0, 0.1) is 6.92 Å². The van der Waals surface area contributed by atoms with Crippen LogP contribution in [0.4, 0.5) is 13.2 Å². The molecule has 0 spiro atoms. The Morgan fingerprint density at radius 1 is 1.00 bits per heavy atom. The van der Waals surface area contributed by atoms with E-state index in [1.807, 2.05) is 13.0 Å². The van der Waals surface area contributed by atoms with Gasteiger partial charge in [-0.15, -0.1) is 0 Å². The lowest BCUT2D eigenvalue weighted by molar-refractivity contribution is -0.141. The molecule has 0 unspecified atom stereocenters. The van der Waals surface area contributed by atoms with Crippen molar-refractivity contribution in [2.45, 2.75) is 30.6 Å². The third kappa shape index (κ3) is 4.60. The SMILES string of the molecule is Cc1cnc(CSc2ncc(-c3ccccc3)n2CC(F)(F)F)nc1. The summed E-state index contributed by atoms with van der Waals surface area (Å²) >= 11 is 1.19. The fourth-order valence-corrected chi connectivity index (χ4v) is 3.12. The monoisotopic (exact) mass is 364 g/mol. The highest BCUT2D eigenvalue weighted by molar-refractivity contribution is 7.98. The molecule has 25 heavy (non-hydrogen) atoms. The van der Waals surface area contributed by atoms with E-state index in [9.17, 15) is 13.2 Å². The molecule has 4 nitrogen and oxygen atoms in total. The summed E-state index contributed by atoms with van der Waals surface area (Å²) in [6.45, 7) is 0.785. The lowest BCUT2D eigenvalue weighted by atomic mass is 10.2. The molecule has 0 atom stereocenters. The first-order chi connectivity index (χ1) is 11.9. The summed E-state index contributed by atoms with van der Waals surface area (Å²) in [5, 5.41) is 0.292. The number of rotatable bonds is 5. The maximum atomic E-state index is 13.0. The molecule has 2 heterocycles. The highest BCUT2D eigenvalue weighted by atomic mass is 32.2. The van der Waals surface area contributed by atoms with Crippen molar-refractivity contribution in [1.82, 2.24) is 19.5 Å². The van der Waals surface area contributed by atoms with E-state index in [2.05, 4.69) is 15.0 Å².